The average molecular weight is 650 g/mol. The third-order valence-electron chi connectivity index (χ3n) is 6.08. The molecule has 2 aromatic carbocycles. The Bertz CT molecular complexity index is 1480. The van der Waals surface area contributed by atoms with Crippen molar-refractivity contribution in [3.05, 3.63) is 164 Å². The molecule has 4 aromatic heterocycles. The predicted octanol–water partition coefficient (Wildman–Crippen LogP) is 8.92. The van der Waals surface area contributed by atoms with Crippen LogP contribution in [0, 0.1) is 0 Å². The SMILES string of the molecule is CC(C)c1ccccc1[N]=[Mo+2]=[CH]C(C)(C)c1ccccc1.c1cc[n-]c1.c1cc[n-]c1.c1ccc(-c2ccccn2)nc1. The van der Waals surface area contributed by atoms with Crippen molar-refractivity contribution < 1.29 is 17.9 Å². The molecule has 4 heterocycles. The molecule has 5 nitrogen and oxygen atoms in total. The largest absolute Gasteiger partial charge is 0.670 e. The summed E-state index contributed by atoms with van der Waals surface area (Å²) in [5, 5.41) is 0. The van der Waals surface area contributed by atoms with E-state index in [2.05, 4.69) is 107 Å². The maximum absolute atomic E-state index is 4.91. The zero-order chi connectivity index (χ0) is 30.6. The van der Waals surface area contributed by atoms with Crippen molar-refractivity contribution in [2.24, 2.45) is 3.50 Å². The molecule has 6 rings (SSSR count). The summed E-state index contributed by atoms with van der Waals surface area (Å²) in [6.07, 6.45) is 10.5. The number of rotatable bonds is 5. The van der Waals surface area contributed by atoms with Crippen LogP contribution in [-0.2, 0) is 23.3 Å². The standard InChI is InChI=1S/C10H8N2.C10H12.C9H11N.2C4H4N.Mo/c1-3-7-11-9(5-1)10-6-2-4-8-12-10;1-10(2,3)9-7-5-4-6-8-9;1-7(2)8-5-3-4-6-9(8)10;2*1-2-4-5-3-1;/h1-8H;1,4-8H,2-3H3;3-7H,1-2H3;2*1-4H;/q;;;2*-1;+2. The van der Waals surface area contributed by atoms with Gasteiger partial charge in [-0.15, -0.1) is 0 Å². The van der Waals surface area contributed by atoms with Crippen molar-refractivity contribution in [2.45, 2.75) is 39.0 Å². The molecule has 6 aromatic rings. The van der Waals surface area contributed by atoms with Gasteiger partial charge in [0.2, 0.25) is 0 Å². The van der Waals surface area contributed by atoms with Gasteiger partial charge < -0.3 is 9.97 Å². The summed E-state index contributed by atoms with van der Waals surface area (Å²) >= 11 is -0.503. The van der Waals surface area contributed by atoms with Crippen LogP contribution in [-0.4, -0.2) is 14.4 Å². The van der Waals surface area contributed by atoms with E-state index < -0.39 is 17.9 Å². The third kappa shape index (κ3) is 12.6. The second kappa shape index (κ2) is 19.0. The van der Waals surface area contributed by atoms with Gasteiger partial charge in [-0.05, 0) is 24.3 Å². The second-order valence-corrected chi connectivity index (χ2v) is 11.8. The maximum Gasteiger partial charge on any atom is 0.0886 e. The fraction of sp³-hybridized carbons (Fsp3) is 0.162. The topological polar surface area (TPSA) is 66.3 Å². The Morgan fingerprint density at radius 3 is 1.56 bits per heavy atom. The zero-order valence-corrected chi connectivity index (χ0v) is 27.2. The number of nitrogens with zero attached hydrogens (tertiary/aromatic N) is 5. The number of aromatic nitrogens is 4. The first-order valence-corrected chi connectivity index (χ1v) is 16.2. The fourth-order valence-corrected chi connectivity index (χ4v) is 5.53. The van der Waals surface area contributed by atoms with Gasteiger partial charge in [0.15, 0.2) is 0 Å². The number of benzene rings is 2. The molecular formula is C37H39MoN5. The first-order chi connectivity index (χ1) is 21.0. The van der Waals surface area contributed by atoms with Crippen LogP contribution in [0.15, 0.2) is 156 Å². The number of pyridine rings is 2. The van der Waals surface area contributed by atoms with Crippen molar-refractivity contribution in [1.29, 1.82) is 0 Å². The minimum absolute atomic E-state index is 0.0970. The van der Waals surface area contributed by atoms with Crippen LogP contribution in [0.4, 0.5) is 5.69 Å². The van der Waals surface area contributed by atoms with Crippen molar-refractivity contribution >= 4 is 10.1 Å². The van der Waals surface area contributed by atoms with E-state index >= 15 is 0 Å². The van der Waals surface area contributed by atoms with E-state index in [4.69, 9.17) is 3.50 Å². The Labute approximate surface area is 264 Å². The molecule has 0 atom stereocenters. The van der Waals surface area contributed by atoms with Crippen LogP contribution in [0.5, 0.6) is 0 Å². The number of hydrogen-bond acceptors (Lipinski definition) is 3. The van der Waals surface area contributed by atoms with Crippen molar-refractivity contribution in [2.75, 3.05) is 0 Å². The summed E-state index contributed by atoms with van der Waals surface area (Å²) < 4.78 is 7.33. The Morgan fingerprint density at radius 2 is 1.12 bits per heavy atom. The smallest absolute Gasteiger partial charge is 0.0886 e. The summed E-state index contributed by atoms with van der Waals surface area (Å²) in [4.78, 5) is 15.8. The predicted molar refractivity (Wildman–Crippen MR) is 175 cm³/mol. The molecule has 0 aliphatic rings. The van der Waals surface area contributed by atoms with Crippen LogP contribution >= 0.6 is 0 Å². The minimum Gasteiger partial charge on any atom is -0.670 e. The van der Waals surface area contributed by atoms with Gasteiger partial charge in [0.25, 0.3) is 0 Å². The van der Waals surface area contributed by atoms with Gasteiger partial charge in [-0.25, -0.2) is 0 Å². The van der Waals surface area contributed by atoms with Gasteiger partial charge in [-0.2, -0.15) is 24.8 Å². The molecule has 0 saturated heterocycles. The van der Waals surface area contributed by atoms with E-state index in [0.717, 1.165) is 11.4 Å². The molecule has 43 heavy (non-hydrogen) atoms. The molecule has 0 radical (unpaired) electrons. The molecule has 6 heteroatoms. The average Bonchev–Trinajstić information content (AvgIpc) is 3.83. The quantitative estimate of drug-likeness (QED) is 0.175. The van der Waals surface area contributed by atoms with Gasteiger partial charge >= 0.3 is 136 Å². The van der Waals surface area contributed by atoms with Gasteiger partial charge in [-0.3, -0.25) is 9.97 Å². The maximum atomic E-state index is 4.91. The molecule has 218 valence electrons. The molecule has 0 amide bonds. The van der Waals surface area contributed by atoms with Crippen LogP contribution in [0.2, 0.25) is 0 Å². The molecule has 0 unspecified atom stereocenters. The summed E-state index contributed by atoms with van der Waals surface area (Å²) in [7, 11) is 0. The molecule has 0 bridgehead atoms. The second-order valence-electron chi connectivity index (χ2n) is 10.2. The van der Waals surface area contributed by atoms with E-state index in [1.165, 1.54) is 16.8 Å². The minimum atomic E-state index is -0.503. The molecule has 0 aliphatic carbocycles. The Hall–Kier alpha value is -4.34. The third-order valence-corrected chi connectivity index (χ3v) is 8.53. The van der Waals surface area contributed by atoms with E-state index in [1.54, 1.807) is 37.2 Å². The van der Waals surface area contributed by atoms with Crippen molar-refractivity contribution in [1.82, 2.24) is 19.9 Å². The van der Waals surface area contributed by atoms with E-state index in [-0.39, 0.29) is 5.41 Å². The first kappa shape index (κ1) is 33.2. The molecule has 0 spiro atoms. The molecule has 0 aliphatic heterocycles. The summed E-state index contributed by atoms with van der Waals surface area (Å²) in [5.74, 6) is 0.527. The summed E-state index contributed by atoms with van der Waals surface area (Å²) in [5.41, 5.74) is 5.82. The molecular weight excluding hydrogens is 610 g/mol. The first-order valence-electron chi connectivity index (χ1n) is 14.2. The normalized spacial score (nSPS) is 9.98. The van der Waals surface area contributed by atoms with Crippen molar-refractivity contribution in [3.8, 4) is 11.4 Å². The zero-order valence-electron chi connectivity index (χ0n) is 25.2. The fourth-order valence-electron chi connectivity index (χ4n) is 3.73. The van der Waals surface area contributed by atoms with Crippen LogP contribution in [0.1, 0.15) is 44.7 Å². The van der Waals surface area contributed by atoms with Gasteiger partial charge in [0.1, 0.15) is 0 Å². The van der Waals surface area contributed by atoms with Gasteiger partial charge in [0, 0.05) is 12.4 Å². The van der Waals surface area contributed by atoms with Gasteiger partial charge in [0.05, 0.1) is 11.4 Å². The van der Waals surface area contributed by atoms with Crippen LogP contribution < -0.4 is 9.97 Å². The van der Waals surface area contributed by atoms with E-state index in [0.29, 0.717) is 5.92 Å². The monoisotopic (exact) mass is 651 g/mol. The Morgan fingerprint density at radius 1 is 0.628 bits per heavy atom. The molecule has 0 saturated carbocycles. The number of hydrogen-bond donors (Lipinski definition) is 0. The van der Waals surface area contributed by atoms with Crippen molar-refractivity contribution in [3.63, 3.8) is 0 Å². The molecule has 0 fully saturated rings. The van der Waals surface area contributed by atoms with E-state index in [1.807, 2.05) is 60.7 Å². The summed E-state index contributed by atoms with van der Waals surface area (Å²) in [6.45, 7) is 9.01. The van der Waals surface area contributed by atoms with Gasteiger partial charge in [-0.1, -0.05) is 36.4 Å². The van der Waals surface area contributed by atoms with Crippen LogP contribution in [0.3, 0.4) is 0 Å². The Balaban J connectivity index is 0.000000189. The summed E-state index contributed by atoms with van der Waals surface area (Å²) in [6, 6.07) is 38.4. The Kier molecular flexibility index (Phi) is 14.6. The van der Waals surface area contributed by atoms with Crippen LogP contribution in [0.25, 0.3) is 11.4 Å². The van der Waals surface area contributed by atoms with E-state index in [9.17, 15) is 0 Å². The molecule has 0 N–H and O–H groups in total.